The van der Waals surface area contributed by atoms with E-state index in [1.807, 2.05) is 0 Å². The number of aryl methyl sites for hydroxylation is 1. The SMILES string of the molecule is C[n+]1[nH]oc(=O)c1C([O-])=Nc1ccc2c(c1)OCCO2. The van der Waals surface area contributed by atoms with Crippen molar-refractivity contribution in [2.45, 2.75) is 0 Å². The minimum absolute atomic E-state index is 0.181. The first kappa shape index (κ1) is 12.3. The predicted octanol–water partition coefficient (Wildman–Crippen LogP) is -0.998. The molecule has 0 bridgehead atoms. The molecule has 1 N–H and O–H groups in total. The number of nitrogens with zero attached hydrogens (tertiary/aromatic N) is 2. The number of aromatic amines is 1. The maximum atomic E-state index is 11.9. The van der Waals surface area contributed by atoms with Gasteiger partial charge in [-0.2, -0.15) is 0 Å². The Morgan fingerprint density at radius 3 is 2.80 bits per heavy atom. The number of rotatable bonds is 2. The Kier molecular flexibility index (Phi) is 2.90. The van der Waals surface area contributed by atoms with Crippen LogP contribution in [0, 0.1) is 0 Å². The van der Waals surface area contributed by atoms with Crippen molar-refractivity contribution in [3.63, 3.8) is 0 Å². The Labute approximate surface area is 112 Å². The monoisotopic (exact) mass is 277 g/mol. The zero-order valence-corrected chi connectivity index (χ0v) is 10.6. The van der Waals surface area contributed by atoms with Gasteiger partial charge in [0.2, 0.25) is 0 Å². The lowest BCUT2D eigenvalue weighted by Gasteiger charge is -2.18. The van der Waals surface area contributed by atoms with Gasteiger partial charge in [0, 0.05) is 6.07 Å². The maximum Gasteiger partial charge on any atom is 0.435 e. The van der Waals surface area contributed by atoms with E-state index in [1.54, 1.807) is 18.2 Å². The van der Waals surface area contributed by atoms with E-state index in [9.17, 15) is 9.90 Å². The molecule has 0 amide bonds. The Morgan fingerprint density at radius 1 is 1.35 bits per heavy atom. The summed E-state index contributed by atoms with van der Waals surface area (Å²) >= 11 is 0. The fraction of sp³-hybridized carbons (Fsp3) is 0.250. The van der Waals surface area contributed by atoms with Crippen LogP contribution in [0.4, 0.5) is 5.69 Å². The van der Waals surface area contributed by atoms with Gasteiger partial charge < -0.3 is 14.6 Å². The van der Waals surface area contributed by atoms with E-state index in [2.05, 4.69) is 14.8 Å². The van der Waals surface area contributed by atoms with E-state index < -0.39 is 11.5 Å². The molecular formula is C12H11N3O5. The van der Waals surface area contributed by atoms with Crippen LogP contribution >= 0.6 is 0 Å². The molecule has 1 aromatic heterocycles. The van der Waals surface area contributed by atoms with E-state index in [-0.39, 0.29) is 5.69 Å². The number of nitrogens with one attached hydrogen (secondary N) is 1. The first-order chi connectivity index (χ1) is 9.65. The van der Waals surface area contributed by atoms with E-state index in [4.69, 9.17) is 9.47 Å². The Hall–Kier alpha value is -2.77. The number of aliphatic imine (C=N–C) groups is 1. The lowest BCUT2D eigenvalue weighted by Crippen LogP contribution is -2.43. The van der Waals surface area contributed by atoms with Gasteiger partial charge in [0.1, 0.15) is 13.2 Å². The molecule has 1 aliphatic rings. The number of aromatic nitrogens is 2. The van der Waals surface area contributed by atoms with Gasteiger partial charge in [-0.1, -0.05) is 4.68 Å². The molecule has 0 spiro atoms. The Balaban J connectivity index is 1.98. The fourth-order valence-electron chi connectivity index (χ4n) is 1.84. The van der Waals surface area contributed by atoms with E-state index >= 15 is 0 Å². The molecule has 3 rings (SSSR count). The van der Waals surface area contributed by atoms with Gasteiger partial charge in [-0.25, -0.2) is 4.79 Å². The number of H-pyrrole nitrogens is 1. The largest absolute Gasteiger partial charge is 0.854 e. The number of fused-ring (bicyclic) bond motifs is 1. The molecule has 0 saturated carbocycles. The second kappa shape index (κ2) is 4.72. The smallest absolute Gasteiger partial charge is 0.435 e. The number of benzene rings is 1. The normalized spacial score (nSPS) is 14.3. The third-order valence-electron chi connectivity index (χ3n) is 2.76. The standard InChI is InChI=1S/C12H11N3O5/c1-15-10(12(17)20-14-15)11(16)13-7-2-3-8-9(6-7)19-5-4-18-8/h2-3,6H,4-5H2,1H3,(H-,13,14,16,17). The first-order valence-corrected chi connectivity index (χ1v) is 5.88. The molecule has 0 atom stereocenters. The lowest BCUT2D eigenvalue weighted by molar-refractivity contribution is -0.742. The van der Waals surface area contributed by atoms with Crippen molar-refractivity contribution >= 4 is 11.6 Å². The molecule has 104 valence electrons. The van der Waals surface area contributed by atoms with Crippen LogP contribution < -0.4 is 24.9 Å². The highest BCUT2D eigenvalue weighted by Gasteiger charge is 2.18. The maximum absolute atomic E-state index is 11.9. The Morgan fingerprint density at radius 2 is 2.10 bits per heavy atom. The Bertz CT molecular complexity index is 731. The van der Waals surface area contributed by atoms with Gasteiger partial charge in [0.05, 0.1) is 11.6 Å². The summed E-state index contributed by atoms with van der Waals surface area (Å²) in [6.07, 6.45) is 0. The number of hydrogen-bond acceptors (Lipinski definition) is 6. The summed E-state index contributed by atoms with van der Waals surface area (Å²) < 4.78 is 16.4. The van der Waals surface area contributed by atoms with Gasteiger partial charge in [0.15, 0.2) is 18.5 Å². The first-order valence-electron chi connectivity index (χ1n) is 5.88. The van der Waals surface area contributed by atoms with Crippen molar-refractivity contribution in [1.29, 1.82) is 0 Å². The van der Waals surface area contributed by atoms with E-state index in [1.165, 1.54) is 11.7 Å². The van der Waals surface area contributed by atoms with Crippen molar-refractivity contribution in [2.24, 2.45) is 12.0 Å². The van der Waals surface area contributed by atoms with Gasteiger partial charge in [-0.15, -0.1) is 0 Å². The quantitative estimate of drug-likeness (QED) is 0.431. The molecule has 2 heterocycles. The van der Waals surface area contributed by atoms with E-state index in [0.29, 0.717) is 30.4 Å². The van der Waals surface area contributed by atoms with Crippen LogP contribution in [0.2, 0.25) is 0 Å². The molecule has 20 heavy (non-hydrogen) atoms. The average Bonchev–Trinajstić information content (AvgIpc) is 2.78. The van der Waals surface area contributed by atoms with Crippen molar-refractivity contribution in [3.8, 4) is 11.5 Å². The summed E-state index contributed by atoms with van der Waals surface area (Å²) in [6, 6.07) is 4.86. The second-order valence-corrected chi connectivity index (χ2v) is 4.13. The lowest BCUT2D eigenvalue weighted by atomic mass is 10.2. The second-order valence-electron chi connectivity index (χ2n) is 4.13. The van der Waals surface area contributed by atoms with Gasteiger partial charge >= 0.3 is 11.3 Å². The molecule has 8 nitrogen and oxygen atoms in total. The molecule has 0 fully saturated rings. The molecule has 1 aliphatic heterocycles. The summed E-state index contributed by atoms with van der Waals surface area (Å²) in [5.74, 6) is 0.435. The van der Waals surface area contributed by atoms with Crippen LogP contribution in [0.15, 0.2) is 32.5 Å². The summed E-state index contributed by atoms with van der Waals surface area (Å²) in [5.41, 5.74) is -0.571. The number of ether oxygens (including phenoxy) is 2. The van der Waals surface area contributed by atoms with Crippen molar-refractivity contribution in [3.05, 3.63) is 34.3 Å². The van der Waals surface area contributed by atoms with E-state index in [0.717, 1.165) is 0 Å². The molecule has 0 unspecified atom stereocenters. The third-order valence-corrected chi connectivity index (χ3v) is 2.76. The zero-order valence-electron chi connectivity index (χ0n) is 10.6. The third kappa shape index (κ3) is 2.11. The van der Waals surface area contributed by atoms with Crippen molar-refractivity contribution < 1.29 is 23.8 Å². The van der Waals surface area contributed by atoms with Gasteiger partial charge in [0.25, 0.3) is 0 Å². The minimum Gasteiger partial charge on any atom is -0.854 e. The van der Waals surface area contributed by atoms with Crippen molar-refractivity contribution in [2.75, 3.05) is 13.2 Å². The molecule has 0 saturated heterocycles. The average molecular weight is 277 g/mol. The summed E-state index contributed by atoms with van der Waals surface area (Å²) in [6.45, 7) is 0.934. The van der Waals surface area contributed by atoms with Gasteiger partial charge in [-0.05, 0) is 17.4 Å². The van der Waals surface area contributed by atoms with Gasteiger partial charge in [-0.3, -0.25) is 9.52 Å². The predicted molar refractivity (Wildman–Crippen MR) is 64.1 cm³/mol. The van der Waals surface area contributed by atoms with Crippen LogP contribution in [0.25, 0.3) is 0 Å². The highest BCUT2D eigenvalue weighted by Crippen LogP contribution is 2.33. The number of hydrogen-bond donors (Lipinski definition) is 1. The molecule has 2 aromatic rings. The van der Waals surface area contributed by atoms with Crippen LogP contribution in [0.3, 0.4) is 0 Å². The van der Waals surface area contributed by atoms with Crippen LogP contribution in [0.1, 0.15) is 5.69 Å². The molecule has 0 radical (unpaired) electrons. The minimum atomic E-state index is -0.765. The summed E-state index contributed by atoms with van der Waals surface area (Å²) in [5, 5.41) is 14.2. The highest BCUT2D eigenvalue weighted by atomic mass is 16.6. The zero-order chi connectivity index (χ0) is 14.1. The highest BCUT2D eigenvalue weighted by molar-refractivity contribution is 5.88. The molecular weight excluding hydrogens is 266 g/mol. The molecule has 1 aromatic carbocycles. The fourth-order valence-corrected chi connectivity index (χ4v) is 1.84. The summed E-state index contributed by atoms with van der Waals surface area (Å²) in [7, 11) is 1.48. The van der Waals surface area contributed by atoms with Crippen LogP contribution in [-0.2, 0) is 7.05 Å². The van der Waals surface area contributed by atoms with Crippen LogP contribution in [0.5, 0.6) is 11.5 Å². The van der Waals surface area contributed by atoms with Crippen LogP contribution in [-0.4, -0.2) is 24.4 Å². The topological polar surface area (TPSA) is 104 Å². The van der Waals surface area contributed by atoms with Crippen molar-refractivity contribution in [1.82, 2.24) is 5.27 Å². The summed E-state index contributed by atoms with van der Waals surface area (Å²) in [4.78, 5) is 15.2. The molecule has 8 heteroatoms. The molecule has 0 aliphatic carbocycles.